The fourth-order valence-electron chi connectivity index (χ4n) is 1.68. The molecule has 0 bridgehead atoms. The van der Waals surface area contributed by atoms with Crippen LogP contribution in [0.1, 0.15) is 20.8 Å². The van der Waals surface area contributed by atoms with Crippen LogP contribution in [0.3, 0.4) is 0 Å². The summed E-state index contributed by atoms with van der Waals surface area (Å²) in [6.07, 6.45) is 2.84. The summed E-state index contributed by atoms with van der Waals surface area (Å²) in [5.74, 6) is 0. The second-order valence-electron chi connectivity index (χ2n) is 4.54. The van der Waals surface area contributed by atoms with Gasteiger partial charge in [0, 0.05) is 31.9 Å². The summed E-state index contributed by atoms with van der Waals surface area (Å²) in [6, 6.07) is 0. The van der Waals surface area contributed by atoms with Crippen molar-refractivity contribution >= 4 is 10.0 Å². The van der Waals surface area contributed by atoms with E-state index < -0.39 is 15.6 Å². The maximum Gasteiger partial charge on any atom is 0.246 e. The van der Waals surface area contributed by atoms with Crippen LogP contribution in [0.4, 0.5) is 0 Å². The zero-order valence-corrected chi connectivity index (χ0v) is 11.5. The highest BCUT2D eigenvalue weighted by molar-refractivity contribution is 7.89. The van der Waals surface area contributed by atoms with Crippen molar-refractivity contribution in [2.45, 2.75) is 31.2 Å². The Balaban J connectivity index is 3.20. The van der Waals surface area contributed by atoms with Crippen molar-refractivity contribution < 1.29 is 8.42 Å². The second kappa shape index (κ2) is 4.75. The third-order valence-electron chi connectivity index (χ3n) is 2.73. The predicted molar refractivity (Wildman–Crippen MR) is 65.9 cm³/mol. The Hall–Kier alpha value is -0.920. The summed E-state index contributed by atoms with van der Waals surface area (Å²) < 4.78 is 27.7. The fraction of sp³-hybridized carbons (Fsp3) is 0.700. The Morgan fingerprint density at radius 3 is 2.47 bits per heavy atom. The lowest BCUT2D eigenvalue weighted by Gasteiger charge is -2.35. The van der Waals surface area contributed by atoms with E-state index in [1.807, 2.05) is 13.8 Å². The van der Waals surface area contributed by atoms with E-state index in [9.17, 15) is 8.42 Å². The van der Waals surface area contributed by atoms with Crippen molar-refractivity contribution in [2.75, 3.05) is 13.1 Å². The number of likely N-dealkylation sites (N-methyl/N-ethyl adjacent to an activating group) is 1. The molecule has 0 spiro atoms. The van der Waals surface area contributed by atoms with E-state index >= 15 is 0 Å². The zero-order valence-electron chi connectivity index (χ0n) is 10.7. The molecule has 1 aromatic heterocycles. The average Bonchev–Trinajstić information content (AvgIpc) is 2.65. The molecule has 0 aromatic carbocycles. The first-order valence-electron chi connectivity index (χ1n) is 5.47. The Kier molecular flexibility index (Phi) is 3.95. The number of sulfonamides is 1. The van der Waals surface area contributed by atoms with Gasteiger partial charge in [0.25, 0.3) is 0 Å². The minimum atomic E-state index is -3.53. The third kappa shape index (κ3) is 2.67. The van der Waals surface area contributed by atoms with Crippen molar-refractivity contribution in [3.05, 3.63) is 12.4 Å². The number of aryl methyl sites for hydroxylation is 1. The number of hydrogen-bond donors (Lipinski definition) is 1. The molecular formula is C10H20N4O2S. The Morgan fingerprint density at radius 2 is 2.12 bits per heavy atom. The summed E-state index contributed by atoms with van der Waals surface area (Å²) in [7, 11) is -1.85. The molecule has 0 aliphatic carbocycles. The number of rotatable bonds is 5. The number of aromatic nitrogens is 2. The quantitative estimate of drug-likeness (QED) is 0.818. The van der Waals surface area contributed by atoms with Crippen LogP contribution in [0.15, 0.2) is 17.3 Å². The highest BCUT2D eigenvalue weighted by atomic mass is 32.2. The molecule has 0 fully saturated rings. The lowest BCUT2D eigenvalue weighted by molar-refractivity contribution is 0.244. The van der Waals surface area contributed by atoms with E-state index in [0.717, 1.165) is 0 Å². The van der Waals surface area contributed by atoms with Gasteiger partial charge in [-0.3, -0.25) is 4.68 Å². The van der Waals surface area contributed by atoms with E-state index in [0.29, 0.717) is 6.54 Å². The maximum atomic E-state index is 12.4. The zero-order chi connectivity index (χ0) is 13.3. The molecule has 2 N–H and O–H groups in total. The molecule has 0 aliphatic rings. The molecule has 1 aromatic rings. The lowest BCUT2D eigenvalue weighted by Crippen LogP contribution is -2.51. The van der Waals surface area contributed by atoms with Crippen molar-refractivity contribution in [3.63, 3.8) is 0 Å². The molecule has 17 heavy (non-hydrogen) atoms. The molecule has 0 aliphatic heterocycles. The van der Waals surface area contributed by atoms with Crippen molar-refractivity contribution in [1.82, 2.24) is 14.1 Å². The molecule has 0 unspecified atom stereocenters. The number of nitrogens with zero attached hydrogens (tertiary/aromatic N) is 3. The maximum absolute atomic E-state index is 12.4. The third-order valence-corrected chi connectivity index (χ3v) is 4.87. The average molecular weight is 260 g/mol. The minimum absolute atomic E-state index is 0.198. The van der Waals surface area contributed by atoms with Crippen molar-refractivity contribution in [1.29, 1.82) is 0 Å². The minimum Gasteiger partial charge on any atom is -0.329 e. The summed E-state index contributed by atoms with van der Waals surface area (Å²) in [6.45, 7) is 6.06. The lowest BCUT2D eigenvalue weighted by atomic mass is 10.1. The van der Waals surface area contributed by atoms with Gasteiger partial charge < -0.3 is 5.73 Å². The molecule has 1 heterocycles. The monoisotopic (exact) mass is 260 g/mol. The molecule has 1 rings (SSSR count). The van der Waals surface area contributed by atoms with Gasteiger partial charge in [0.1, 0.15) is 4.90 Å². The van der Waals surface area contributed by atoms with Gasteiger partial charge in [0.2, 0.25) is 10.0 Å². The summed E-state index contributed by atoms with van der Waals surface area (Å²) in [4.78, 5) is 0.198. The molecule has 0 radical (unpaired) electrons. The molecule has 0 saturated carbocycles. The molecule has 0 saturated heterocycles. The van der Waals surface area contributed by atoms with Crippen molar-refractivity contribution in [2.24, 2.45) is 12.8 Å². The predicted octanol–water partition coefficient (Wildman–Crippen LogP) is 0.168. The number of nitrogens with two attached hydrogens (primary N) is 1. The van der Waals surface area contributed by atoms with Gasteiger partial charge in [0.15, 0.2) is 0 Å². The Bertz CT molecular complexity index is 478. The van der Waals surface area contributed by atoms with Gasteiger partial charge in [-0.2, -0.15) is 9.40 Å². The van der Waals surface area contributed by atoms with Crippen LogP contribution in [0, 0.1) is 0 Å². The Labute approximate surface area is 102 Å². The van der Waals surface area contributed by atoms with Crippen LogP contribution in [0.25, 0.3) is 0 Å². The van der Waals surface area contributed by atoms with Gasteiger partial charge in [-0.05, 0) is 13.8 Å². The van der Waals surface area contributed by atoms with E-state index in [4.69, 9.17) is 5.73 Å². The molecule has 6 nitrogen and oxygen atoms in total. The topological polar surface area (TPSA) is 81.2 Å². The van der Waals surface area contributed by atoms with Crippen LogP contribution in [-0.4, -0.2) is 41.1 Å². The molecular weight excluding hydrogens is 240 g/mol. The van der Waals surface area contributed by atoms with E-state index in [1.54, 1.807) is 14.0 Å². The SMILES string of the molecule is CCN(C(C)(C)CN)S(=O)(=O)c1cnn(C)c1. The van der Waals surface area contributed by atoms with Crippen LogP contribution in [-0.2, 0) is 17.1 Å². The standard InChI is InChI=1S/C10H20N4O2S/c1-5-14(10(2,3)8-11)17(15,16)9-6-12-13(4)7-9/h6-7H,5,8,11H2,1-4H3. The summed E-state index contributed by atoms with van der Waals surface area (Å²) in [5, 5.41) is 3.89. The first-order chi connectivity index (χ1) is 7.75. The van der Waals surface area contributed by atoms with E-state index in [2.05, 4.69) is 5.10 Å². The first-order valence-corrected chi connectivity index (χ1v) is 6.91. The normalized spacial score (nSPS) is 13.3. The van der Waals surface area contributed by atoms with Gasteiger partial charge in [0.05, 0.1) is 6.20 Å². The Morgan fingerprint density at radius 1 is 1.53 bits per heavy atom. The largest absolute Gasteiger partial charge is 0.329 e. The van der Waals surface area contributed by atoms with Gasteiger partial charge >= 0.3 is 0 Å². The first kappa shape index (κ1) is 14.1. The van der Waals surface area contributed by atoms with Crippen LogP contribution < -0.4 is 5.73 Å². The van der Waals surface area contributed by atoms with E-state index in [1.165, 1.54) is 21.4 Å². The van der Waals surface area contributed by atoms with Crippen LogP contribution >= 0.6 is 0 Å². The molecule has 7 heteroatoms. The smallest absolute Gasteiger partial charge is 0.246 e. The molecule has 98 valence electrons. The fourth-order valence-corrected chi connectivity index (χ4v) is 3.47. The molecule has 0 atom stereocenters. The van der Waals surface area contributed by atoms with Crippen LogP contribution in [0.2, 0.25) is 0 Å². The van der Waals surface area contributed by atoms with Crippen molar-refractivity contribution in [3.8, 4) is 0 Å². The highest BCUT2D eigenvalue weighted by Gasteiger charge is 2.35. The number of hydrogen-bond acceptors (Lipinski definition) is 4. The van der Waals surface area contributed by atoms with Crippen LogP contribution in [0.5, 0.6) is 0 Å². The van der Waals surface area contributed by atoms with E-state index in [-0.39, 0.29) is 11.4 Å². The van der Waals surface area contributed by atoms with Gasteiger partial charge in [-0.25, -0.2) is 8.42 Å². The highest BCUT2D eigenvalue weighted by Crippen LogP contribution is 2.23. The van der Waals surface area contributed by atoms with Gasteiger partial charge in [-0.15, -0.1) is 0 Å². The molecule has 0 amide bonds. The summed E-state index contributed by atoms with van der Waals surface area (Å²) >= 11 is 0. The second-order valence-corrected chi connectivity index (χ2v) is 6.40. The summed E-state index contributed by atoms with van der Waals surface area (Å²) in [5.41, 5.74) is 5.03. The van der Waals surface area contributed by atoms with Gasteiger partial charge in [-0.1, -0.05) is 6.92 Å².